The van der Waals surface area contributed by atoms with Crippen LogP contribution in [0.4, 0.5) is 5.82 Å². The molecule has 1 aliphatic heterocycles. The Morgan fingerprint density at radius 1 is 1.39 bits per heavy atom. The van der Waals surface area contributed by atoms with E-state index in [0.717, 1.165) is 44.2 Å². The summed E-state index contributed by atoms with van der Waals surface area (Å²) in [6.45, 7) is 12.0. The van der Waals surface area contributed by atoms with Gasteiger partial charge in [-0.1, -0.05) is 0 Å². The second-order valence-electron chi connectivity index (χ2n) is 5.70. The number of aryl methyl sites for hydroxylation is 2. The third kappa shape index (κ3) is 3.03. The van der Waals surface area contributed by atoms with Gasteiger partial charge in [0.25, 0.3) is 0 Å². The maximum Gasteiger partial charge on any atom is 0.124 e. The van der Waals surface area contributed by atoms with Crippen LogP contribution >= 0.6 is 0 Å². The summed E-state index contributed by atoms with van der Waals surface area (Å²) >= 11 is 0. The average Bonchev–Trinajstić information content (AvgIpc) is 2.67. The second kappa shape index (κ2) is 5.28. The van der Waals surface area contributed by atoms with E-state index in [4.69, 9.17) is 0 Å². The number of hydrogen-bond acceptors (Lipinski definition) is 4. The van der Waals surface area contributed by atoms with Crippen LogP contribution in [0, 0.1) is 6.92 Å². The van der Waals surface area contributed by atoms with E-state index in [1.54, 1.807) is 0 Å². The van der Waals surface area contributed by atoms with E-state index in [0.29, 0.717) is 0 Å². The van der Waals surface area contributed by atoms with Crippen molar-refractivity contribution in [2.75, 3.05) is 38.0 Å². The topological polar surface area (TPSA) is 45.1 Å². The number of hydrogen-bond donors (Lipinski definition) is 2. The van der Waals surface area contributed by atoms with E-state index in [9.17, 15) is 0 Å². The summed E-state index contributed by atoms with van der Waals surface area (Å²) in [4.78, 5) is 2.54. The highest BCUT2D eigenvalue weighted by Crippen LogP contribution is 2.17. The quantitative estimate of drug-likeness (QED) is 0.832. The molecule has 0 spiro atoms. The predicted molar refractivity (Wildman–Crippen MR) is 75.0 cm³/mol. The fourth-order valence-corrected chi connectivity index (χ4v) is 2.46. The summed E-state index contributed by atoms with van der Waals surface area (Å²) < 4.78 is 1.91. The minimum absolute atomic E-state index is 0.167. The number of nitrogens with zero attached hydrogens (tertiary/aromatic N) is 3. The van der Waals surface area contributed by atoms with E-state index in [1.165, 1.54) is 0 Å². The van der Waals surface area contributed by atoms with Gasteiger partial charge in [0.1, 0.15) is 5.82 Å². The minimum Gasteiger partial charge on any atom is -0.368 e. The lowest BCUT2D eigenvalue weighted by Crippen LogP contribution is -2.56. The standard InChI is InChI=1S/C13H25N5/c1-11-9-12(17(4)16-11)15-10-13(2,3)18-7-5-14-6-8-18/h9,14-15H,5-8,10H2,1-4H3. The monoisotopic (exact) mass is 251 g/mol. The van der Waals surface area contributed by atoms with Crippen molar-refractivity contribution in [2.24, 2.45) is 7.05 Å². The molecule has 0 saturated carbocycles. The van der Waals surface area contributed by atoms with Gasteiger partial charge in [-0.3, -0.25) is 9.58 Å². The minimum atomic E-state index is 0.167. The normalized spacial score (nSPS) is 18.0. The molecule has 2 heterocycles. The van der Waals surface area contributed by atoms with Crippen molar-refractivity contribution < 1.29 is 0 Å². The molecule has 1 fully saturated rings. The van der Waals surface area contributed by atoms with Crippen LogP contribution in [0.3, 0.4) is 0 Å². The first-order chi connectivity index (χ1) is 8.49. The number of nitrogens with one attached hydrogen (secondary N) is 2. The van der Waals surface area contributed by atoms with Crippen molar-refractivity contribution in [2.45, 2.75) is 26.3 Å². The smallest absolute Gasteiger partial charge is 0.124 e. The Kier molecular flexibility index (Phi) is 3.92. The molecule has 1 aromatic heterocycles. The summed E-state index contributed by atoms with van der Waals surface area (Å²) in [7, 11) is 1.98. The van der Waals surface area contributed by atoms with Crippen LogP contribution in [0.25, 0.3) is 0 Å². The molecule has 0 unspecified atom stereocenters. The van der Waals surface area contributed by atoms with E-state index in [-0.39, 0.29) is 5.54 Å². The Hall–Kier alpha value is -1.07. The molecule has 18 heavy (non-hydrogen) atoms. The first kappa shape index (κ1) is 13.4. The highest BCUT2D eigenvalue weighted by atomic mass is 15.3. The molecular weight excluding hydrogens is 226 g/mol. The Bertz CT molecular complexity index is 390. The van der Waals surface area contributed by atoms with Crippen LogP contribution in [0.2, 0.25) is 0 Å². The molecule has 2 rings (SSSR count). The molecule has 1 saturated heterocycles. The summed E-state index contributed by atoms with van der Waals surface area (Å²) in [5.41, 5.74) is 1.22. The number of piperazine rings is 1. The van der Waals surface area contributed by atoms with Gasteiger partial charge in [-0.15, -0.1) is 0 Å². The highest BCUT2D eigenvalue weighted by molar-refractivity contribution is 5.37. The molecule has 5 heteroatoms. The number of rotatable bonds is 4. The fraction of sp³-hybridized carbons (Fsp3) is 0.769. The van der Waals surface area contributed by atoms with Crippen molar-refractivity contribution in [3.05, 3.63) is 11.8 Å². The molecule has 0 aliphatic carbocycles. The molecule has 0 radical (unpaired) electrons. The Labute approximate surface area is 110 Å². The lowest BCUT2D eigenvalue weighted by atomic mass is 10.0. The van der Waals surface area contributed by atoms with Gasteiger partial charge in [0.2, 0.25) is 0 Å². The molecule has 0 bridgehead atoms. The van der Waals surface area contributed by atoms with Crippen molar-refractivity contribution in [1.82, 2.24) is 20.0 Å². The largest absolute Gasteiger partial charge is 0.368 e. The van der Waals surface area contributed by atoms with Crippen molar-refractivity contribution in [3.8, 4) is 0 Å². The number of anilines is 1. The van der Waals surface area contributed by atoms with Gasteiger partial charge in [0.05, 0.1) is 5.69 Å². The van der Waals surface area contributed by atoms with E-state index >= 15 is 0 Å². The summed E-state index contributed by atoms with van der Waals surface area (Å²) in [6.07, 6.45) is 0. The molecule has 0 atom stereocenters. The van der Waals surface area contributed by atoms with Gasteiger partial charge in [0.15, 0.2) is 0 Å². The van der Waals surface area contributed by atoms with Crippen LogP contribution in [0.1, 0.15) is 19.5 Å². The SMILES string of the molecule is Cc1cc(NCC(C)(C)N2CCNCC2)n(C)n1. The van der Waals surface area contributed by atoms with Crippen molar-refractivity contribution in [3.63, 3.8) is 0 Å². The third-order valence-corrected chi connectivity index (χ3v) is 3.68. The summed E-state index contributed by atoms with van der Waals surface area (Å²) in [5, 5.41) is 11.3. The first-order valence-corrected chi connectivity index (χ1v) is 6.69. The molecule has 5 nitrogen and oxygen atoms in total. The fourth-order valence-electron chi connectivity index (χ4n) is 2.46. The maximum absolute atomic E-state index is 4.35. The molecule has 102 valence electrons. The summed E-state index contributed by atoms with van der Waals surface area (Å²) in [5.74, 6) is 1.09. The number of aromatic nitrogens is 2. The van der Waals surface area contributed by atoms with Gasteiger partial charge in [-0.2, -0.15) is 5.10 Å². The van der Waals surface area contributed by atoms with Crippen molar-refractivity contribution >= 4 is 5.82 Å². The Morgan fingerprint density at radius 3 is 2.61 bits per heavy atom. The Balaban J connectivity index is 1.93. The molecule has 1 aliphatic rings. The maximum atomic E-state index is 4.35. The van der Waals surface area contributed by atoms with Crippen LogP contribution in [-0.4, -0.2) is 52.9 Å². The van der Waals surface area contributed by atoms with Crippen LogP contribution in [0.5, 0.6) is 0 Å². The van der Waals surface area contributed by atoms with Gasteiger partial charge < -0.3 is 10.6 Å². The van der Waals surface area contributed by atoms with Crippen LogP contribution in [0.15, 0.2) is 6.07 Å². The lowest BCUT2D eigenvalue weighted by molar-refractivity contribution is 0.114. The van der Waals surface area contributed by atoms with E-state index in [2.05, 4.69) is 40.5 Å². The second-order valence-corrected chi connectivity index (χ2v) is 5.70. The molecule has 2 N–H and O–H groups in total. The van der Waals surface area contributed by atoms with Gasteiger partial charge >= 0.3 is 0 Å². The van der Waals surface area contributed by atoms with Gasteiger partial charge in [-0.25, -0.2) is 0 Å². The van der Waals surface area contributed by atoms with Crippen LogP contribution < -0.4 is 10.6 Å². The van der Waals surface area contributed by atoms with E-state index < -0.39 is 0 Å². The zero-order valence-corrected chi connectivity index (χ0v) is 12.0. The highest BCUT2D eigenvalue weighted by Gasteiger charge is 2.27. The lowest BCUT2D eigenvalue weighted by Gasteiger charge is -2.41. The molecular formula is C13H25N5. The van der Waals surface area contributed by atoms with Crippen molar-refractivity contribution in [1.29, 1.82) is 0 Å². The molecule has 0 amide bonds. The molecule has 1 aromatic rings. The van der Waals surface area contributed by atoms with Gasteiger partial charge in [-0.05, 0) is 20.8 Å². The third-order valence-electron chi connectivity index (χ3n) is 3.68. The summed E-state index contributed by atoms with van der Waals surface area (Å²) in [6, 6.07) is 2.09. The zero-order chi connectivity index (χ0) is 13.2. The molecule has 0 aromatic carbocycles. The van der Waals surface area contributed by atoms with Gasteiger partial charge in [0, 0.05) is 51.4 Å². The average molecular weight is 251 g/mol. The predicted octanol–water partition coefficient (Wildman–Crippen LogP) is 0.824. The van der Waals surface area contributed by atoms with E-state index in [1.807, 2.05) is 18.7 Å². The van der Waals surface area contributed by atoms with Crippen LogP contribution in [-0.2, 0) is 7.05 Å². The first-order valence-electron chi connectivity index (χ1n) is 6.69. The zero-order valence-electron chi connectivity index (χ0n) is 12.0. The Morgan fingerprint density at radius 2 is 2.06 bits per heavy atom.